The molecule has 9 aromatic heterocycles. The number of pyridine rings is 6. The quantitative estimate of drug-likeness (QED) is 0.00700. The Balaban J connectivity index is -0.000000217. The number of carbonyl (C=O) groups excluding carboxylic acids is 3. The standard InChI is InChI=1S/C11H13N5O2.C11H10N4O.C10H10BrN3O.C10H13BrN2O3.C7H9BrN2O2.C6H7BrN2O.C3H5ClO.C2H4O2.CH2O3.CH4.ClH.2K.H3NO.H3N.H/c1-7-5-16(6-13-7)9-4-3-8(10(12)15-17)14-11(9)18-2;1-8-6-15(7-13-8)10-4-3-9(5-12)14-11(10)16-2;1-7-5-14(6-12-7)8-3-4-9(11)13-10(8)15-2;1-7(14)6-13(16-3)8-4-5-9(11)12-10(8)15-2;1-11-7-5(10-12-2)3-4-6(8)9-7;1-10-6-4(8)2-3-5(7)9-6;1-3(5)2-4;1-2(3)4;2-1-4-3;;;;;1-2;;/h3-6,17H,1-2H3,(H2,12,15);3-4,6-7H,1-2H3;3-6H,1-2H3;4-5H,6H2,1-3H3;3-4,10H,1-2H3;2-3H,8H2,1H3;2H2,1H3;1H3,(H,3,4);1,3H;1H4;1H;;;2H,1H2;1H3;/q;;;;;;;;;;;2*+1;;;-1/p-1. The van der Waals surface area contributed by atoms with Crippen LogP contribution in [0.3, 0.4) is 0 Å². The van der Waals surface area contributed by atoms with Gasteiger partial charge in [0.15, 0.2) is 11.6 Å². The summed E-state index contributed by atoms with van der Waals surface area (Å²) < 4.78 is 38.8. The molecule has 9 aromatic rings. The van der Waals surface area contributed by atoms with Gasteiger partial charge in [-0.3, -0.25) is 34.3 Å². The number of rotatable bonds is 18. The Morgan fingerprint density at radius 3 is 1.34 bits per heavy atom. The van der Waals surface area contributed by atoms with Gasteiger partial charge in [-0.05, 0) is 171 Å². The van der Waals surface area contributed by atoms with Crippen LogP contribution < -0.4 is 171 Å². The maximum atomic E-state index is 11.1. The fourth-order valence-corrected chi connectivity index (χ4v) is 7.96. The number of ketones is 2. The fourth-order valence-electron chi connectivity index (χ4n) is 6.79. The number of carboxylic acid groups (broad SMARTS) is 1. The van der Waals surface area contributed by atoms with Crippen molar-refractivity contribution in [1.29, 1.82) is 5.26 Å². The summed E-state index contributed by atoms with van der Waals surface area (Å²) in [6.45, 7) is 9.73. The molecular formula is C62H84Br4Cl2K2N20O17. The van der Waals surface area contributed by atoms with Crippen molar-refractivity contribution in [3.63, 3.8) is 0 Å². The second-order valence-corrected chi connectivity index (χ2v) is 21.9. The van der Waals surface area contributed by atoms with Gasteiger partial charge in [-0.1, -0.05) is 12.6 Å². The molecule has 0 bridgehead atoms. The number of nitriles is 1. The van der Waals surface area contributed by atoms with Gasteiger partial charge >= 0.3 is 103 Å². The normalized spacial score (nSPS) is 9.15. The molecule has 0 atom stereocenters. The number of imidazole rings is 3. The number of amidine groups is 1. The number of oxime groups is 1. The molecule has 13 N–H and O–H groups in total. The summed E-state index contributed by atoms with van der Waals surface area (Å²) in [5.74, 6) is 5.45. The van der Waals surface area contributed by atoms with Crippen molar-refractivity contribution < 1.29 is 187 Å². The van der Waals surface area contributed by atoms with Crippen LogP contribution in [0.5, 0.6) is 35.3 Å². The van der Waals surface area contributed by atoms with E-state index in [4.69, 9.17) is 96.8 Å². The molecular weight excluding hydrogens is 1770 g/mol. The molecule has 0 aliphatic heterocycles. The third-order valence-corrected chi connectivity index (χ3v) is 13.0. The predicted octanol–water partition coefficient (Wildman–Crippen LogP) is 3.57. The van der Waals surface area contributed by atoms with E-state index >= 15 is 0 Å². The SMILES string of the molecule is C.CC(=O)CCl.CC(=O)O.CONc1ccc(Br)nc1OC.COc1nc(/C(N)=N/O)ccc1-n1cnc(C)c1.COc1nc(Br)ccc1-n1cnc(C)c1.COc1nc(Br)ccc1N.COc1nc(Br)ccc1N(CC(C)=O)OC.COc1nc(C#N)ccc1-n1cnc(C)c1.Cl.N.NO.O=CO[O-].[H-].[K+].[K+]. The van der Waals surface area contributed by atoms with E-state index in [0.29, 0.717) is 68.3 Å². The number of aryl methyl sites for hydroxylation is 3. The number of halogens is 6. The maximum absolute atomic E-state index is 11.1. The summed E-state index contributed by atoms with van der Waals surface area (Å²) in [7, 11) is 12.2. The number of nitrogens with zero attached hydrogens (tertiary/aromatic N) is 15. The van der Waals surface area contributed by atoms with Crippen molar-refractivity contribution in [1.82, 2.24) is 64.7 Å². The summed E-state index contributed by atoms with van der Waals surface area (Å²) in [6.07, 6.45) is 10.7. The Bertz CT molecular complexity index is 4100. The van der Waals surface area contributed by atoms with E-state index in [-0.39, 0.29) is 166 Å². The Kier molecular flexibility index (Phi) is 66.7. The van der Waals surface area contributed by atoms with Crippen molar-refractivity contribution in [2.75, 3.05) is 85.6 Å². The van der Waals surface area contributed by atoms with E-state index in [9.17, 15) is 9.59 Å². The van der Waals surface area contributed by atoms with Gasteiger partial charge in [-0.15, -0.1) is 24.0 Å². The van der Waals surface area contributed by atoms with Gasteiger partial charge in [-0.25, -0.2) is 55.8 Å². The average molecular weight is 1850 g/mol. The van der Waals surface area contributed by atoms with E-state index in [1.165, 1.54) is 61.6 Å². The van der Waals surface area contributed by atoms with Gasteiger partial charge in [0.1, 0.15) is 76.6 Å². The van der Waals surface area contributed by atoms with Crippen LogP contribution in [-0.4, -0.2) is 173 Å². The van der Waals surface area contributed by atoms with Crippen molar-refractivity contribution in [2.24, 2.45) is 16.8 Å². The molecule has 0 spiro atoms. The fraction of sp³-hybridized carbons (Fsp3) is 0.274. The minimum atomic E-state index is -0.833. The zero-order valence-corrected chi connectivity index (χ0v) is 74.5. The third kappa shape index (κ3) is 43.9. The Labute approximate surface area is 749 Å². The smallest absolute Gasteiger partial charge is 1.00 e. The van der Waals surface area contributed by atoms with Gasteiger partial charge < -0.3 is 86.8 Å². The second-order valence-electron chi connectivity index (χ2n) is 18.3. The number of carboxylic acids is 1. The van der Waals surface area contributed by atoms with Crippen LogP contribution in [0.15, 0.2) is 134 Å². The summed E-state index contributed by atoms with van der Waals surface area (Å²) in [6, 6.07) is 23.2. The minimum absolute atomic E-state index is 0. The molecule has 0 aliphatic rings. The number of nitrogens with one attached hydrogen (secondary N) is 1. The summed E-state index contributed by atoms with van der Waals surface area (Å²) in [4.78, 5) is 87.8. The first-order chi connectivity index (χ1) is 48.6. The van der Waals surface area contributed by atoms with Crippen molar-refractivity contribution >= 4 is 135 Å². The van der Waals surface area contributed by atoms with E-state index in [0.717, 1.165) is 54.9 Å². The van der Waals surface area contributed by atoms with Gasteiger partial charge in [-0.2, -0.15) is 5.26 Å². The average Bonchev–Trinajstić information content (AvgIpc) is 1.53. The molecule has 0 unspecified atom stereocenters. The van der Waals surface area contributed by atoms with E-state index in [1.807, 2.05) is 66.7 Å². The van der Waals surface area contributed by atoms with Crippen LogP contribution in [0.25, 0.3) is 17.1 Å². The number of aromatic nitrogens is 12. The number of ether oxygens (including phenoxy) is 6. The first-order valence-corrected chi connectivity index (χ1v) is 31.7. The van der Waals surface area contributed by atoms with Crippen LogP contribution in [-0.2, 0) is 33.7 Å². The number of nitrogen functional groups attached to an aromatic ring is 1. The van der Waals surface area contributed by atoms with E-state index < -0.39 is 5.97 Å². The van der Waals surface area contributed by atoms with Gasteiger partial charge in [0.05, 0.1) is 105 Å². The van der Waals surface area contributed by atoms with Crippen LogP contribution in [0, 0.1) is 32.1 Å². The number of hydrogen-bond donors (Lipinski definition) is 8. The molecule has 0 saturated carbocycles. The number of aliphatic carboxylic acids is 1. The van der Waals surface area contributed by atoms with Gasteiger partial charge in [0.25, 0.3) is 12.4 Å². The number of Topliss-reactive ketones (excluding diaryl/α,β-unsaturated/α-hetero) is 2. The Morgan fingerprint density at radius 2 is 0.991 bits per heavy atom. The minimum Gasteiger partial charge on any atom is -1.00 e. The molecule has 0 radical (unpaired) electrons. The van der Waals surface area contributed by atoms with Crippen molar-refractivity contribution in [3.8, 4) is 58.4 Å². The number of hydroxylamine groups is 1. The molecule has 45 heteroatoms. The molecule has 9 rings (SSSR count). The molecule has 0 aromatic carbocycles. The number of anilines is 3. The van der Waals surface area contributed by atoms with Gasteiger partial charge in [0.2, 0.25) is 35.3 Å². The van der Waals surface area contributed by atoms with Crippen LogP contribution >= 0.6 is 87.7 Å². The molecule has 0 fully saturated rings. The predicted molar refractivity (Wildman–Crippen MR) is 406 cm³/mol. The Hall–Kier alpha value is -6.70. The first kappa shape index (κ1) is 111. The van der Waals surface area contributed by atoms with Gasteiger partial charge in [0, 0.05) is 25.5 Å². The maximum Gasteiger partial charge on any atom is 1.00 e. The molecule has 578 valence electrons. The topological polar surface area (TPSA) is 530 Å². The number of carbonyl (C=O) groups is 4. The van der Waals surface area contributed by atoms with Crippen LogP contribution in [0.1, 0.15) is 58.1 Å². The summed E-state index contributed by atoms with van der Waals surface area (Å²) in [5, 5.41) is 44.0. The van der Waals surface area contributed by atoms with Crippen LogP contribution in [0.4, 0.5) is 17.1 Å². The number of nitrogens with two attached hydrogens (primary N) is 3. The molecule has 0 saturated heterocycles. The molecule has 9 heterocycles. The van der Waals surface area contributed by atoms with E-state index in [2.05, 4.69) is 130 Å². The third-order valence-electron chi connectivity index (χ3n) is 10.9. The number of methoxy groups -OCH3 is 6. The molecule has 0 aliphatic carbocycles. The molecule has 107 heavy (non-hydrogen) atoms. The second kappa shape index (κ2) is 64.2. The van der Waals surface area contributed by atoms with Crippen molar-refractivity contribution in [2.45, 2.75) is 49.0 Å². The monoisotopic (exact) mass is 1840 g/mol. The van der Waals surface area contributed by atoms with Crippen molar-refractivity contribution in [3.05, 3.63) is 157 Å². The molecule has 0 amide bonds. The largest absolute Gasteiger partial charge is 1.00 e. The summed E-state index contributed by atoms with van der Waals surface area (Å²) >= 11 is 17.9. The number of alkyl halides is 1. The zero-order chi connectivity index (χ0) is 77.4. The number of hydrogen-bond acceptors (Lipinski definition) is 32. The first-order valence-electron chi connectivity index (χ1n) is 28.0. The van der Waals surface area contributed by atoms with E-state index in [1.54, 1.807) is 98.4 Å². The van der Waals surface area contributed by atoms with Crippen LogP contribution in [0.2, 0.25) is 0 Å². The molecule has 37 nitrogen and oxygen atoms in total. The summed E-state index contributed by atoms with van der Waals surface area (Å²) in [5.41, 5.74) is 21.3. The Morgan fingerprint density at radius 1 is 0.636 bits per heavy atom. The zero-order valence-electron chi connectivity index (χ0n) is 61.4.